The fraction of sp³-hybridized carbons (Fsp3) is 0.462. The van der Waals surface area contributed by atoms with Gasteiger partial charge in [0, 0.05) is 11.5 Å². The van der Waals surface area contributed by atoms with E-state index < -0.39 is 6.09 Å². The van der Waals surface area contributed by atoms with E-state index in [1.807, 2.05) is 20.8 Å². The van der Waals surface area contributed by atoms with Crippen molar-refractivity contribution in [2.24, 2.45) is 0 Å². The summed E-state index contributed by atoms with van der Waals surface area (Å²) in [4.78, 5) is 10.9. The summed E-state index contributed by atoms with van der Waals surface area (Å²) in [6, 6.07) is 1.71. The lowest BCUT2D eigenvalue weighted by atomic mass is 9.92. The first-order valence-electron chi connectivity index (χ1n) is 6.55. The van der Waals surface area contributed by atoms with Crippen LogP contribution in [0.4, 0.5) is 10.6 Å². The van der Waals surface area contributed by atoms with Crippen LogP contribution in [0.2, 0.25) is 0 Å². The minimum atomic E-state index is -1.15. The van der Waals surface area contributed by atoms with Crippen molar-refractivity contribution in [2.75, 3.05) is 11.9 Å². The number of nitrogens with one attached hydrogen (secondary N) is 1. The van der Waals surface area contributed by atoms with Crippen molar-refractivity contribution in [2.45, 2.75) is 32.7 Å². The Hall–Kier alpha value is -2.35. The standard InChI is InChI=1S/C13H19N5O3/c1-13(2,3)10-6-11(15-12(20)21)18(16-10)9-7-14-17(8-9)4-5-19/h6-8,15,19H,4-5H2,1-3H3,(H,20,21). The molecule has 3 N–H and O–H groups in total. The Bertz CT molecular complexity index is 639. The van der Waals surface area contributed by atoms with Crippen molar-refractivity contribution in [3.63, 3.8) is 0 Å². The van der Waals surface area contributed by atoms with Crippen LogP contribution in [0.3, 0.4) is 0 Å². The van der Waals surface area contributed by atoms with Crippen molar-refractivity contribution < 1.29 is 15.0 Å². The Labute approximate surface area is 122 Å². The Morgan fingerprint density at radius 1 is 1.43 bits per heavy atom. The molecule has 0 saturated carbocycles. The van der Waals surface area contributed by atoms with Gasteiger partial charge in [-0.05, 0) is 0 Å². The van der Waals surface area contributed by atoms with E-state index in [-0.39, 0.29) is 12.0 Å². The van der Waals surface area contributed by atoms with Crippen LogP contribution in [-0.4, -0.2) is 42.5 Å². The number of rotatable bonds is 4. The van der Waals surface area contributed by atoms with E-state index in [1.165, 1.54) is 4.68 Å². The summed E-state index contributed by atoms with van der Waals surface area (Å²) in [5, 5.41) is 28.7. The van der Waals surface area contributed by atoms with Gasteiger partial charge in [0.15, 0.2) is 0 Å². The normalized spacial score (nSPS) is 11.6. The first-order valence-corrected chi connectivity index (χ1v) is 6.55. The number of aliphatic hydroxyl groups excluding tert-OH is 1. The SMILES string of the molecule is CC(C)(C)c1cc(NC(=O)O)n(-c2cnn(CCO)c2)n1. The molecule has 0 saturated heterocycles. The highest BCUT2D eigenvalue weighted by atomic mass is 16.4. The molecule has 2 aromatic heterocycles. The van der Waals surface area contributed by atoms with Crippen LogP contribution in [0.1, 0.15) is 26.5 Å². The molecule has 8 heteroatoms. The summed E-state index contributed by atoms with van der Waals surface area (Å²) in [5.41, 5.74) is 1.19. The molecule has 8 nitrogen and oxygen atoms in total. The van der Waals surface area contributed by atoms with E-state index >= 15 is 0 Å². The third-order valence-corrected chi connectivity index (χ3v) is 2.91. The molecular formula is C13H19N5O3. The zero-order valence-electron chi connectivity index (χ0n) is 12.2. The minimum Gasteiger partial charge on any atom is -0.465 e. The minimum absolute atomic E-state index is 0.0201. The van der Waals surface area contributed by atoms with Gasteiger partial charge >= 0.3 is 6.09 Å². The summed E-state index contributed by atoms with van der Waals surface area (Å²) < 4.78 is 3.06. The Balaban J connectivity index is 2.44. The maximum atomic E-state index is 10.9. The highest BCUT2D eigenvalue weighted by Gasteiger charge is 2.21. The molecule has 114 valence electrons. The van der Waals surface area contributed by atoms with Gasteiger partial charge in [-0.1, -0.05) is 20.8 Å². The molecule has 0 aromatic carbocycles. The summed E-state index contributed by atoms with van der Waals surface area (Å²) in [5.74, 6) is 0.357. The molecule has 0 unspecified atom stereocenters. The quantitative estimate of drug-likeness (QED) is 0.791. The molecule has 0 spiro atoms. The maximum absolute atomic E-state index is 10.9. The van der Waals surface area contributed by atoms with E-state index in [4.69, 9.17) is 10.2 Å². The van der Waals surface area contributed by atoms with Gasteiger partial charge in [-0.3, -0.25) is 10.00 Å². The fourth-order valence-corrected chi connectivity index (χ4v) is 1.83. The summed E-state index contributed by atoms with van der Waals surface area (Å²) in [7, 11) is 0. The fourth-order valence-electron chi connectivity index (χ4n) is 1.83. The van der Waals surface area contributed by atoms with Crippen LogP contribution in [0.15, 0.2) is 18.5 Å². The third-order valence-electron chi connectivity index (χ3n) is 2.91. The summed E-state index contributed by atoms with van der Waals surface area (Å²) >= 11 is 0. The molecule has 2 heterocycles. The van der Waals surface area contributed by atoms with E-state index in [0.29, 0.717) is 18.1 Å². The zero-order valence-corrected chi connectivity index (χ0v) is 12.2. The predicted octanol–water partition coefficient (Wildman–Crippen LogP) is 1.45. The van der Waals surface area contributed by atoms with Crippen LogP contribution in [0.25, 0.3) is 5.69 Å². The van der Waals surface area contributed by atoms with Gasteiger partial charge < -0.3 is 10.2 Å². The lowest BCUT2D eigenvalue weighted by Crippen LogP contribution is -2.13. The monoisotopic (exact) mass is 293 g/mol. The first kappa shape index (κ1) is 15.0. The van der Waals surface area contributed by atoms with Gasteiger partial charge in [-0.15, -0.1) is 0 Å². The number of hydrogen-bond donors (Lipinski definition) is 3. The predicted molar refractivity (Wildman–Crippen MR) is 76.8 cm³/mol. The van der Waals surface area contributed by atoms with Crippen molar-refractivity contribution >= 4 is 11.9 Å². The largest absolute Gasteiger partial charge is 0.465 e. The Kier molecular flexibility index (Phi) is 3.99. The number of carbonyl (C=O) groups is 1. The number of carboxylic acid groups (broad SMARTS) is 1. The Morgan fingerprint density at radius 3 is 2.71 bits per heavy atom. The van der Waals surface area contributed by atoms with Gasteiger partial charge in [0.25, 0.3) is 0 Å². The van der Waals surface area contributed by atoms with Gasteiger partial charge in [-0.25, -0.2) is 9.48 Å². The van der Waals surface area contributed by atoms with Crippen LogP contribution in [0.5, 0.6) is 0 Å². The summed E-state index contributed by atoms with van der Waals surface area (Å²) in [6.07, 6.45) is 2.12. The molecule has 0 radical (unpaired) electrons. The number of aromatic nitrogens is 4. The number of aliphatic hydroxyl groups is 1. The highest BCUT2D eigenvalue weighted by Crippen LogP contribution is 2.26. The molecular weight excluding hydrogens is 274 g/mol. The van der Waals surface area contributed by atoms with Crippen LogP contribution < -0.4 is 5.32 Å². The van der Waals surface area contributed by atoms with Crippen LogP contribution in [0, 0.1) is 0 Å². The second-order valence-electron chi connectivity index (χ2n) is 5.69. The number of amides is 1. The molecule has 2 rings (SSSR count). The van der Waals surface area contributed by atoms with E-state index in [1.54, 1.807) is 23.1 Å². The lowest BCUT2D eigenvalue weighted by molar-refractivity contribution is 0.209. The molecule has 1 amide bonds. The van der Waals surface area contributed by atoms with Gasteiger partial charge in [0.1, 0.15) is 11.5 Å². The molecule has 0 atom stereocenters. The third kappa shape index (κ3) is 3.40. The average Bonchev–Trinajstić information content (AvgIpc) is 2.94. The van der Waals surface area contributed by atoms with Gasteiger partial charge in [-0.2, -0.15) is 10.2 Å². The topological polar surface area (TPSA) is 105 Å². The molecule has 0 aliphatic rings. The smallest absolute Gasteiger partial charge is 0.410 e. The summed E-state index contributed by atoms with van der Waals surface area (Å²) in [6.45, 7) is 6.35. The van der Waals surface area contributed by atoms with Crippen LogP contribution in [-0.2, 0) is 12.0 Å². The maximum Gasteiger partial charge on any atom is 0.410 e. The van der Waals surface area contributed by atoms with Gasteiger partial charge in [0.05, 0.1) is 31.2 Å². The lowest BCUT2D eigenvalue weighted by Gasteiger charge is -2.13. The molecule has 21 heavy (non-hydrogen) atoms. The number of hydrogen-bond acceptors (Lipinski definition) is 4. The van der Waals surface area contributed by atoms with Crippen molar-refractivity contribution in [1.29, 1.82) is 0 Å². The molecule has 0 aliphatic carbocycles. The molecule has 0 aliphatic heterocycles. The second-order valence-corrected chi connectivity index (χ2v) is 5.69. The van der Waals surface area contributed by atoms with Crippen molar-refractivity contribution in [3.8, 4) is 5.69 Å². The molecule has 0 fully saturated rings. The van der Waals surface area contributed by atoms with Gasteiger partial charge in [0.2, 0.25) is 0 Å². The van der Waals surface area contributed by atoms with E-state index in [0.717, 1.165) is 5.69 Å². The molecule has 2 aromatic rings. The van der Waals surface area contributed by atoms with Crippen molar-refractivity contribution in [3.05, 3.63) is 24.2 Å². The second kappa shape index (κ2) is 5.57. The molecule has 0 bridgehead atoms. The highest BCUT2D eigenvalue weighted by molar-refractivity contribution is 5.82. The zero-order chi connectivity index (χ0) is 15.6. The van der Waals surface area contributed by atoms with Crippen molar-refractivity contribution in [1.82, 2.24) is 19.6 Å². The van der Waals surface area contributed by atoms with E-state index in [2.05, 4.69) is 15.5 Å². The Morgan fingerprint density at radius 2 is 2.14 bits per heavy atom. The number of anilines is 1. The average molecular weight is 293 g/mol. The van der Waals surface area contributed by atoms with Crippen LogP contribution >= 0.6 is 0 Å². The number of nitrogens with zero attached hydrogens (tertiary/aromatic N) is 4. The first-order chi connectivity index (χ1) is 9.81. The van der Waals surface area contributed by atoms with E-state index in [9.17, 15) is 4.79 Å².